The molecule has 0 bridgehead atoms. The van der Waals surface area contributed by atoms with Crippen molar-refractivity contribution >= 4 is 68.1 Å². The van der Waals surface area contributed by atoms with Crippen LogP contribution in [0.25, 0.3) is 6.08 Å². The Kier molecular flexibility index (Phi) is 10.2. The van der Waals surface area contributed by atoms with E-state index in [1.54, 1.807) is 36.4 Å². The van der Waals surface area contributed by atoms with Gasteiger partial charge in [0.2, 0.25) is 0 Å². The first-order chi connectivity index (χ1) is 19.3. The number of nitrogens with zero attached hydrogens (tertiary/aromatic N) is 1. The molecule has 4 amide bonds. The molecule has 10 heteroatoms. The monoisotopic (exact) mass is 718 g/mol. The number of rotatable bonds is 11. The van der Waals surface area contributed by atoms with Crippen molar-refractivity contribution in [2.24, 2.45) is 0 Å². The van der Waals surface area contributed by atoms with Gasteiger partial charge in [-0.1, -0.05) is 47.5 Å². The van der Waals surface area contributed by atoms with Crippen molar-refractivity contribution in [2.45, 2.75) is 33.3 Å². The number of urea groups is 1. The number of hydrogen-bond donors (Lipinski definition) is 1. The van der Waals surface area contributed by atoms with E-state index in [0.29, 0.717) is 48.3 Å². The van der Waals surface area contributed by atoms with Crippen LogP contribution in [0.4, 0.5) is 10.5 Å². The first-order valence-corrected chi connectivity index (χ1v) is 14.7. The third-order valence-electron chi connectivity index (χ3n) is 5.94. The fraction of sp³-hybridized carbons (Fsp3) is 0.233. The van der Waals surface area contributed by atoms with Crippen LogP contribution >= 0.6 is 38.5 Å². The first kappa shape index (κ1) is 29.6. The third-order valence-corrected chi connectivity index (χ3v) is 7.51. The minimum Gasteiger partial charge on any atom is -0.494 e. The largest absolute Gasteiger partial charge is 0.494 e. The molecule has 0 unspecified atom stereocenters. The maximum Gasteiger partial charge on any atom is 0.335 e. The van der Waals surface area contributed by atoms with Gasteiger partial charge in [0.1, 0.15) is 17.9 Å². The molecule has 1 saturated heterocycles. The lowest BCUT2D eigenvalue weighted by atomic mass is 10.1. The van der Waals surface area contributed by atoms with E-state index in [1.807, 2.05) is 31.2 Å². The van der Waals surface area contributed by atoms with Crippen molar-refractivity contribution in [3.05, 3.63) is 85.4 Å². The fourth-order valence-electron chi connectivity index (χ4n) is 3.92. The van der Waals surface area contributed by atoms with Crippen molar-refractivity contribution in [1.82, 2.24) is 5.32 Å². The Labute approximate surface area is 254 Å². The molecule has 1 heterocycles. The van der Waals surface area contributed by atoms with E-state index >= 15 is 0 Å². The molecule has 0 spiro atoms. The summed E-state index contributed by atoms with van der Waals surface area (Å²) in [4.78, 5) is 39.7. The van der Waals surface area contributed by atoms with E-state index < -0.39 is 17.8 Å². The number of hydrogen-bond acceptors (Lipinski definition) is 6. The molecule has 1 aliphatic heterocycles. The smallest absolute Gasteiger partial charge is 0.335 e. The van der Waals surface area contributed by atoms with Gasteiger partial charge in [-0.15, -0.1) is 0 Å². The summed E-state index contributed by atoms with van der Waals surface area (Å²) in [6.07, 6.45) is 3.38. The summed E-state index contributed by atoms with van der Waals surface area (Å²) in [5.74, 6) is 0.166. The van der Waals surface area contributed by atoms with Gasteiger partial charge in [-0.25, -0.2) is 9.69 Å². The summed E-state index contributed by atoms with van der Waals surface area (Å²) in [6, 6.07) is 17.0. The standard InChI is InChI=1S/C30H28BrIN2O6/c1-3-5-14-39-22-12-10-21(11-13-22)34-29(36)23(28(35)33-30(34)37)15-19-16-25(32)27(26(17-19)38-4-2)40-18-20-8-6-7-9-24(20)31/h6-13,15-17H,3-5,14,18H2,1-2H3,(H,33,35,37)/b23-15-. The number of amides is 4. The van der Waals surface area contributed by atoms with Gasteiger partial charge in [-0.2, -0.15) is 0 Å². The lowest BCUT2D eigenvalue weighted by Gasteiger charge is -2.26. The molecular weight excluding hydrogens is 691 g/mol. The number of anilines is 1. The van der Waals surface area contributed by atoms with Crippen LogP contribution in [0.5, 0.6) is 17.2 Å². The molecule has 4 rings (SSSR count). The van der Waals surface area contributed by atoms with Gasteiger partial charge in [0.15, 0.2) is 11.5 Å². The van der Waals surface area contributed by atoms with Crippen molar-refractivity contribution in [1.29, 1.82) is 0 Å². The SMILES string of the molecule is CCCCOc1ccc(N2C(=O)NC(=O)/C(=C/c3cc(I)c(OCc4ccccc4Br)c(OCC)c3)C2=O)cc1. The normalized spacial score (nSPS) is 14.3. The zero-order chi connectivity index (χ0) is 28.6. The van der Waals surface area contributed by atoms with Crippen LogP contribution < -0.4 is 24.4 Å². The Hall–Kier alpha value is -3.38. The van der Waals surface area contributed by atoms with E-state index in [1.165, 1.54) is 6.08 Å². The number of halogens is 2. The minimum atomic E-state index is -0.813. The predicted molar refractivity (Wildman–Crippen MR) is 165 cm³/mol. The van der Waals surface area contributed by atoms with Crippen LogP contribution in [0, 0.1) is 3.57 Å². The van der Waals surface area contributed by atoms with Gasteiger partial charge in [0.25, 0.3) is 11.8 Å². The van der Waals surface area contributed by atoms with Gasteiger partial charge in [-0.3, -0.25) is 14.9 Å². The number of unbranched alkanes of at least 4 members (excludes halogenated alkanes) is 1. The van der Waals surface area contributed by atoms with E-state index in [0.717, 1.165) is 31.3 Å². The molecule has 0 saturated carbocycles. The van der Waals surface area contributed by atoms with E-state index in [9.17, 15) is 14.4 Å². The van der Waals surface area contributed by atoms with E-state index in [-0.39, 0.29) is 5.57 Å². The Morgan fingerprint density at radius 1 is 0.975 bits per heavy atom. The number of barbiturate groups is 1. The third kappa shape index (κ3) is 7.03. The fourth-order valence-corrected chi connectivity index (χ4v) is 5.10. The number of benzene rings is 3. The van der Waals surface area contributed by atoms with Gasteiger partial charge < -0.3 is 14.2 Å². The maximum atomic E-state index is 13.4. The van der Waals surface area contributed by atoms with Gasteiger partial charge in [-0.05, 0) is 90.0 Å². The molecule has 1 N–H and O–H groups in total. The summed E-state index contributed by atoms with van der Waals surface area (Å²) in [5.41, 5.74) is 1.67. The molecule has 0 radical (unpaired) electrons. The highest BCUT2D eigenvalue weighted by atomic mass is 127. The maximum absolute atomic E-state index is 13.4. The van der Waals surface area contributed by atoms with Crippen LogP contribution in [-0.2, 0) is 16.2 Å². The average molecular weight is 719 g/mol. The molecule has 1 fully saturated rings. The summed E-state index contributed by atoms with van der Waals surface area (Å²) in [6.45, 7) is 5.22. The summed E-state index contributed by atoms with van der Waals surface area (Å²) in [5, 5.41) is 2.26. The molecule has 1 aliphatic rings. The van der Waals surface area contributed by atoms with Gasteiger partial charge in [0.05, 0.1) is 22.5 Å². The molecule has 0 aromatic heterocycles. The second kappa shape index (κ2) is 13.8. The average Bonchev–Trinajstić information content (AvgIpc) is 2.92. The van der Waals surface area contributed by atoms with Crippen molar-refractivity contribution in [2.75, 3.05) is 18.1 Å². The zero-order valence-corrected chi connectivity index (χ0v) is 25.8. The Balaban J connectivity index is 1.60. The lowest BCUT2D eigenvalue weighted by Crippen LogP contribution is -2.54. The van der Waals surface area contributed by atoms with Crippen molar-refractivity contribution in [3.8, 4) is 17.2 Å². The molecule has 0 atom stereocenters. The summed E-state index contributed by atoms with van der Waals surface area (Å²) in [7, 11) is 0. The second-order valence-electron chi connectivity index (χ2n) is 8.80. The molecule has 3 aromatic rings. The van der Waals surface area contributed by atoms with E-state index in [4.69, 9.17) is 14.2 Å². The summed E-state index contributed by atoms with van der Waals surface area (Å²) < 4.78 is 19.3. The topological polar surface area (TPSA) is 94.2 Å². The van der Waals surface area contributed by atoms with Crippen LogP contribution in [0.2, 0.25) is 0 Å². The predicted octanol–water partition coefficient (Wildman–Crippen LogP) is 6.88. The first-order valence-electron chi connectivity index (χ1n) is 12.8. The van der Waals surface area contributed by atoms with Crippen LogP contribution in [-0.4, -0.2) is 31.1 Å². The van der Waals surface area contributed by atoms with Crippen molar-refractivity contribution < 1.29 is 28.6 Å². The number of carbonyl (C=O) groups is 3. The molecular formula is C30H28BrIN2O6. The minimum absolute atomic E-state index is 0.178. The Bertz CT molecular complexity index is 1440. The summed E-state index contributed by atoms with van der Waals surface area (Å²) >= 11 is 5.66. The lowest BCUT2D eigenvalue weighted by molar-refractivity contribution is -0.122. The highest BCUT2D eigenvalue weighted by Crippen LogP contribution is 2.36. The number of carbonyl (C=O) groups excluding carboxylic acids is 3. The highest BCUT2D eigenvalue weighted by Gasteiger charge is 2.37. The Morgan fingerprint density at radius 3 is 2.42 bits per heavy atom. The molecule has 3 aromatic carbocycles. The number of imide groups is 2. The number of nitrogens with one attached hydrogen (secondary N) is 1. The van der Waals surface area contributed by atoms with E-state index in [2.05, 4.69) is 50.8 Å². The molecule has 40 heavy (non-hydrogen) atoms. The molecule has 208 valence electrons. The van der Waals surface area contributed by atoms with Crippen LogP contribution in [0.15, 0.2) is 70.7 Å². The zero-order valence-electron chi connectivity index (χ0n) is 22.0. The second-order valence-corrected chi connectivity index (χ2v) is 10.8. The van der Waals surface area contributed by atoms with Crippen LogP contribution in [0.1, 0.15) is 37.8 Å². The quantitative estimate of drug-likeness (QED) is 0.101. The highest BCUT2D eigenvalue weighted by molar-refractivity contribution is 14.1. The molecule has 0 aliphatic carbocycles. The Morgan fingerprint density at radius 2 is 1.73 bits per heavy atom. The van der Waals surface area contributed by atoms with Gasteiger partial charge in [0, 0.05) is 10.0 Å². The molecule has 8 nitrogen and oxygen atoms in total. The number of ether oxygens (including phenoxy) is 3. The van der Waals surface area contributed by atoms with Crippen molar-refractivity contribution in [3.63, 3.8) is 0 Å². The van der Waals surface area contributed by atoms with Crippen LogP contribution in [0.3, 0.4) is 0 Å². The van der Waals surface area contributed by atoms with Gasteiger partial charge >= 0.3 is 6.03 Å².